The minimum absolute atomic E-state index is 0.771. The van der Waals surface area contributed by atoms with Crippen molar-refractivity contribution in [2.45, 2.75) is 13.0 Å². The Labute approximate surface area is 109 Å². The Hall–Kier alpha value is -1.17. The smallest absolute Gasteiger partial charge is 0.144 e. The highest BCUT2D eigenvalue weighted by molar-refractivity contribution is 5.42. The second-order valence-electron chi connectivity index (χ2n) is 5.27. The Morgan fingerprint density at radius 3 is 3.11 bits per heavy atom. The number of nitrogens with two attached hydrogens (primary N) is 1. The van der Waals surface area contributed by atoms with Gasteiger partial charge in [-0.05, 0) is 39.0 Å². The van der Waals surface area contributed by atoms with Gasteiger partial charge in [-0.1, -0.05) is 6.07 Å². The summed E-state index contributed by atoms with van der Waals surface area (Å²) in [6.45, 7) is 4.44. The Kier molecular flexibility index (Phi) is 4.52. The van der Waals surface area contributed by atoms with Crippen molar-refractivity contribution in [1.82, 2.24) is 14.8 Å². The fraction of sp³-hybridized carbons (Fsp3) is 0.615. The van der Waals surface area contributed by atoms with E-state index in [-0.39, 0.29) is 0 Å². The normalized spacial score (nSPS) is 20.6. The highest BCUT2D eigenvalue weighted by atomic mass is 15.3. The van der Waals surface area contributed by atoms with Crippen molar-refractivity contribution in [1.29, 1.82) is 0 Å². The van der Waals surface area contributed by atoms with Crippen LogP contribution in [0.5, 0.6) is 0 Å². The second-order valence-corrected chi connectivity index (χ2v) is 5.27. The predicted octanol–water partition coefficient (Wildman–Crippen LogP) is 0.751. The molecule has 2 rings (SSSR count). The van der Waals surface area contributed by atoms with Crippen LogP contribution in [0.2, 0.25) is 0 Å². The molecule has 100 valence electrons. The van der Waals surface area contributed by atoms with E-state index < -0.39 is 0 Å². The number of pyridine rings is 1. The summed E-state index contributed by atoms with van der Waals surface area (Å²) in [6, 6.07) is 4.02. The van der Waals surface area contributed by atoms with Gasteiger partial charge < -0.3 is 15.2 Å². The lowest BCUT2D eigenvalue weighted by Gasteiger charge is -2.21. The summed E-state index contributed by atoms with van der Waals surface area (Å²) in [5.74, 6) is 7.02. The van der Waals surface area contributed by atoms with Gasteiger partial charge in [0.25, 0.3) is 0 Å². The Morgan fingerprint density at radius 1 is 1.61 bits per heavy atom. The van der Waals surface area contributed by atoms with Crippen LogP contribution in [0.25, 0.3) is 0 Å². The maximum Gasteiger partial charge on any atom is 0.144 e. The first kappa shape index (κ1) is 13.3. The van der Waals surface area contributed by atoms with E-state index in [0.29, 0.717) is 0 Å². The summed E-state index contributed by atoms with van der Waals surface area (Å²) in [5.41, 5.74) is 3.80. The van der Waals surface area contributed by atoms with Crippen LogP contribution in [-0.4, -0.2) is 48.5 Å². The molecule has 1 aromatic rings. The Balaban J connectivity index is 1.88. The van der Waals surface area contributed by atoms with Crippen molar-refractivity contribution in [3.8, 4) is 0 Å². The molecule has 1 saturated heterocycles. The van der Waals surface area contributed by atoms with Gasteiger partial charge in [-0.15, -0.1) is 0 Å². The van der Waals surface area contributed by atoms with Crippen LogP contribution >= 0.6 is 0 Å². The molecule has 0 amide bonds. The van der Waals surface area contributed by atoms with Crippen LogP contribution in [-0.2, 0) is 6.54 Å². The molecule has 0 spiro atoms. The van der Waals surface area contributed by atoms with Gasteiger partial charge in [-0.3, -0.25) is 0 Å². The first-order chi connectivity index (χ1) is 8.69. The third-order valence-electron chi connectivity index (χ3n) is 3.53. The lowest BCUT2D eigenvalue weighted by atomic mass is 10.1. The molecule has 0 aromatic carbocycles. The lowest BCUT2D eigenvalue weighted by Crippen LogP contribution is -2.27. The zero-order chi connectivity index (χ0) is 13.0. The molecule has 1 aliphatic rings. The molecule has 1 aromatic heterocycles. The largest absolute Gasteiger partial charge is 0.308 e. The van der Waals surface area contributed by atoms with Crippen LogP contribution < -0.4 is 11.3 Å². The number of nitrogen functional groups attached to an aromatic ring is 1. The SMILES string of the molecule is CN1CCC(CN(C)Cc2cccnc2NN)C1. The van der Waals surface area contributed by atoms with E-state index in [1.807, 2.05) is 6.07 Å². The van der Waals surface area contributed by atoms with Gasteiger partial charge in [0.1, 0.15) is 5.82 Å². The molecule has 2 heterocycles. The molecule has 5 heteroatoms. The molecule has 0 aliphatic carbocycles. The van der Waals surface area contributed by atoms with Crippen molar-refractivity contribution in [2.75, 3.05) is 39.2 Å². The highest BCUT2D eigenvalue weighted by Crippen LogP contribution is 2.17. The lowest BCUT2D eigenvalue weighted by molar-refractivity contribution is 0.267. The first-order valence-electron chi connectivity index (χ1n) is 6.46. The molecule has 3 N–H and O–H groups in total. The standard InChI is InChI=1S/C13H23N5/c1-17-7-5-11(8-17)9-18(2)10-12-4-3-6-15-13(12)16-14/h3-4,6,11H,5,7-10,14H2,1-2H3,(H,15,16). The average molecular weight is 249 g/mol. The third-order valence-corrected chi connectivity index (χ3v) is 3.53. The van der Waals surface area contributed by atoms with Gasteiger partial charge in [0.15, 0.2) is 0 Å². The van der Waals surface area contributed by atoms with E-state index in [2.05, 4.69) is 40.4 Å². The summed E-state index contributed by atoms with van der Waals surface area (Å²) in [4.78, 5) is 8.97. The summed E-state index contributed by atoms with van der Waals surface area (Å²) < 4.78 is 0. The van der Waals surface area contributed by atoms with Crippen molar-refractivity contribution in [3.05, 3.63) is 23.9 Å². The summed E-state index contributed by atoms with van der Waals surface area (Å²) in [5, 5.41) is 0. The Morgan fingerprint density at radius 2 is 2.44 bits per heavy atom. The van der Waals surface area contributed by atoms with Crippen LogP contribution in [0.4, 0.5) is 5.82 Å². The molecule has 18 heavy (non-hydrogen) atoms. The minimum atomic E-state index is 0.771. The fourth-order valence-corrected chi connectivity index (χ4v) is 2.67. The molecule has 1 unspecified atom stereocenters. The number of hydrazine groups is 1. The number of hydrogen-bond donors (Lipinski definition) is 2. The Bertz CT molecular complexity index is 381. The highest BCUT2D eigenvalue weighted by Gasteiger charge is 2.20. The van der Waals surface area contributed by atoms with Crippen LogP contribution in [0.1, 0.15) is 12.0 Å². The summed E-state index contributed by atoms with van der Waals surface area (Å²) in [7, 11) is 4.35. The molecule has 1 fully saturated rings. The van der Waals surface area contributed by atoms with E-state index in [4.69, 9.17) is 5.84 Å². The van der Waals surface area contributed by atoms with Gasteiger partial charge in [-0.25, -0.2) is 10.8 Å². The number of rotatable bonds is 5. The van der Waals surface area contributed by atoms with Gasteiger partial charge in [0, 0.05) is 31.4 Å². The van der Waals surface area contributed by atoms with Crippen molar-refractivity contribution in [3.63, 3.8) is 0 Å². The number of anilines is 1. The second kappa shape index (κ2) is 6.13. The monoisotopic (exact) mass is 249 g/mol. The molecule has 1 aliphatic heterocycles. The minimum Gasteiger partial charge on any atom is -0.308 e. The van der Waals surface area contributed by atoms with Crippen LogP contribution in [0.3, 0.4) is 0 Å². The van der Waals surface area contributed by atoms with Crippen LogP contribution in [0.15, 0.2) is 18.3 Å². The maximum absolute atomic E-state index is 5.47. The predicted molar refractivity (Wildman–Crippen MR) is 74.0 cm³/mol. The molecule has 5 nitrogen and oxygen atoms in total. The molecule has 0 radical (unpaired) electrons. The van der Waals surface area contributed by atoms with E-state index >= 15 is 0 Å². The molecule has 0 saturated carbocycles. The van der Waals surface area contributed by atoms with Gasteiger partial charge in [-0.2, -0.15) is 0 Å². The van der Waals surface area contributed by atoms with Crippen molar-refractivity contribution < 1.29 is 0 Å². The third kappa shape index (κ3) is 3.41. The number of likely N-dealkylation sites (tertiary alicyclic amines) is 1. The average Bonchev–Trinajstić information content (AvgIpc) is 2.75. The van der Waals surface area contributed by atoms with E-state index in [0.717, 1.165) is 30.4 Å². The van der Waals surface area contributed by atoms with Gasteiger partial charge in [0.2, 0.25) is 0 Å². The fourth-order valence-electron chi connectivity index (χ4n) is 2.67. The van der Waals surface area contributed by atoms with Gasteiger partial charge >= 0.3 is 0 Å². The zero-order valence-electron chi connectivity index (χ0n) is 11.3. The van der Waals surface area contributed by atoms with Crippen molar-refractivity contribution >= 4 is 5.82 Å². The summed E-state index contributed by atoms with van der Waals surface area (Å²) in [6.07, 6.45) is 3.06. The van der Waals surface area contributed by atoms with E-state index in [1.165, 1.54) is 19.5 Å². The number of hydrogen-bond acceptors (Lipinski definition) is 5. The number of nitrogens with one attached hydrogen (secondary N) is 1. The molecular formula is C13H23N5. The summed E-state index contributed by atoms with van der Waals surface area (Å²) >= 11 is 0. The number of aromatic nitrogens is 1. The van der Waals surface area contributed by atoms with Crippen LogP contribution in [0, 0.1) is 5.92 Å². The zero-order valence-corrected chi connectivity index (χ0v) is 11.3. The van der Waals surface area contributed by atoms with E-state index in [9.17, 15) is 0 Å². The quantitative estimate of drug-likeness (QED) is 0.596. The first-order valence-corrected chi connectivity index (χ1v) is 6.46. The van der Waals surface area contributed by atoms with E-state index in [1.54, 1.807) is 6.20 Å². The maximum atomic E-state index is 5.47. The molecular weight excluding hydrogens is 226 g/mol. The molecule has 1 atom stereocenters. The topological polar surface area (TPSA) is 57.4 Å². The number of nitrogens with zero attached hydrogens (tertiary/aromatic N) is 3. The van der Waals surface area contributed by atoms with Crippen molar-refractivity contribution in [2.24, 2.45) is 11.8 Å². The van der Waals surface area contributed by atoms with Gasteiger partial charge in [0.05, 0.1) is 0 Å². The molecule has 0 bridgehead atoms.